The second-order valence-corrected chi connectivity index (χ2v) is 10.3. The molecule has 6 nitrogen and oxygen atoms in total. The van der Waals surface area contributed by atoms with E-state index in [2.05, 4.69) is 51.1 Å². The molecule has 3 heterocycles. The van der Waals surface area contributed by atoms with Crippen molar-refractivity contribution in [2.75, 3.05) is 63.8 Å². The number of benzene rings is 2. The summed E-state index contributed by atoms with van der Waals surface area (Å²) in [6, 6.07) is 18.6. The van der Waals surface area contributed by atoms with E-state index in [9.17, 15) is 9.90 Å². The number of hydrogen-bond donors (Lipinski definition) is 1. The third kappa shape index (κ3) is 5.45. The van der Waals surface area contributed by atoms with E-state index < -0.39 is 5.60 Å². The van der Waals surface area contributed by atoms with Crippen molar-refractivity contribution in [3.8, 4) is 0 Å². The van der Waals surface area contributed by atoms with Crippen molar-refractivity contribution in [1.29, 1.82) is 0 Å². The van der Waals surface area contributed by atoms with E-state index in [1.165, 1.54) is 24.9 Å². The number of β-amino-alcohol motifs (C(OH)–C–C–N with tert-alkyl or cyclic N) is 1. The lowest BCUT2D eigenvalue weighted by Gasteiger charge is -2.39. The van der Waals surface area contributed by atoms with E-state index in [0.29, 0.717) is 26.1 Å². The summed E-state index contributed by atoms with van der Waals surface area (Å²) < 4.78 is 0. The van der Waals surface area contributed by atoms with Gasteiger partial charge in [-0.2, -0.15) is 0 Å². The Morgan fingerprint density at radius 3 is 2.26 bits per heavy atom. The molecule has 1 atom stereocenters. The third-order valence-corrected chi connectivity index (χ3v) is 7.72. The van der Waals surface area contributed by atoms with E-state index in [0.717, 1.165) is 56.9 Å². The number of hydrogen-bond acceptors (Lipinski definition) is 5. The lowest BCUT2D eigenvalue weighted by atomic mass is 10.0. The average Bonchev–Trinajstić information content (AvgIpc) is 3.27. The topological polar surface area (TPSA) is 50.3 Å². The summed E-state index contributed by atoms with van der Waals surface area (Å²) in [6.45, 7) is 8.54. The molecule has 1 unspecified atom stereocenters. The molecule has 5 rings (SSSR count). The Morgan fingerprint density at radius 1 is 0.794 bits per heavy atom. The van der Waals surface area contributed by atoms with Gasteiger partial charge in [-0.25, -0.2) is 0 Å². The molecule has 0 aliphatic carbocycles. The van der Waals surface area contributed by atoms with Crippen LogP contribution in [0.5, 0.6) is 0 Å². The minimum Gasteiger partial charge on any atom is -0.387 e. The molecular formula is C28H38N4O2. The van der Waals surface area contributed by atoms with Crippen LogP contribution < -0.4 is 4.90 Å². The number of likely N-dealkylation sites (tertiary alicyclic amines) is 2. The van der Waals surface area contributed by atoms with Crippen molar-refractivity contribution in [3.63, 3.8) is 0 Å². The van der Waals surface area contributed by atoms with Gasteiger partial charge in [-0.1, -0.05) is 42.8 Å². The molecular weight excluding hydrogens is 424 g/mol. The van der Waals surface area contributed by atoms with Crippen molar-refractivity contribution >= 4 is 11.6 Å². The van der Waals surface area contributed by atoms with Gasteiger partial charge in [0.05, 0.1) is 12.1 Å². The summed E-state index contributed by atoms with van der Waals surface area (Å²) in [5, 5.41) is 11.4. The number of amides is 1. The number of aliphatic hydroxyl groups is 1. The minimum absolute atomic E-state index is 0.0671. The molecule has 0 spiro atoms. The maximum atomic E-state index is 13.5. The van der Waals surface area contributed by atoms with Gasteiger partial charge >= 0.3 is 0 Å². The molecule has 2 aromatic rings. The molecule has 0 aromatic heterocycles. The van der Waals surface area contributed by atoms with Gasteiger partial charge in [-0.05, 0) is 56.1 Å². The molecule has 34 heavy (non-hydrogen) atoms. The lowest BCUT2D eigenvalue weighted by molar-refractivity contribution is 0.0103. The van der Waals surface area contributed by atoms with Crippen LogP contribution in [0.15, 0.2) is 54.6 Å². The Labute approximate surface area is 203 Å². The fourth-order valence-corrected chi connectivity index (χ4v) is 5.77. The Bertz CT molecular complexity index is 954. The van der Waals surface area contributed by atoms with Crippen LogP contribution in [0.1, 0.15) is 41.6 Å². The highest BCUT2D eigenvalue weighted by Crippen LogP contribution is 2.27. The lowest BCUT2D eigenvalue weighted by Crippen LogP contribution is -2.53. The molecule has 0 bridgehead atoms. The maximum absolute atomic E-state index is 13.5. The normalized spacial score (nSPS) is 24.5. The number of nitrogens with zero attached hydrogens (tertiary/aromatic N) is 4. The Hall–Kier alpha value is -2.41. The van der Waals surface area contributed by atoms with Gasteiger partial charge in [0, 0.05) is 57.1 Å². The van der Waals surface area contributed by atoms with E-state index in [1.54, 1.807) is 0 Å². The van der Waals surface area contributed by atoms with E-state index in [-0.39, 0.29) is 5.91 Å². The van der Waals surface area contributed by atoms with Crippen LogP contribution in [0.25, 0.3) is 0 Å². The zero-order chi connectivity index (χ0) is 23.4. The summed E-state index contributed by atoms with van der Waals surface area (Å²) in [7, 11) is 0. The van der Waals surface area contributed by atoms with Gasteiger partial charge in [0.2, 0.25) is 0 Å². The highest BCUT2D eigenvalue weighted by Gasteiger charge is 2.40. The van der Waals surface area contributed by atoms with Crippen molar-refractivity contribution in [3.05, 3.63) is 65.7 Å². The first kappa shape index (κ1) is 23.3. The average molecular weight is 463 g/mol. The minimum atomic E-state index is -0.827. The molecule has 182 valence electrons. The number of piperazine rings is 1. The molecule has 1 N–H and O–H groups in total. The first-order valence-electron chi connectivity index (χ1n) is 12.9. The highest BCUT2D eigenvalue weighted by molar-refractivity contribution is 5.96. The quantitative estimate of drug-likeness (QED) is 0.715. The molecule has 3 fully saturated rings. The number of piperidine rings is 1. The molecule has 3 saturated heterocycles. The van der Waals surface area contributed by atoms with Crippen LogP contribution in [0, 0.1) is 0 Å². The van der Waals surface area contributed by atoms with Crippen LogP contribution >= 0.6 is 0 Å². The number of para-hydroxylation sites is 1. The fourth-order valence-electron chi connectivity index (χ4n) is 5.77. The second kappa shape index (κ2) is 10.5. The first-order chi connectivity index (χ1) is 16.6. The summed E-state index contributed by atoms with van der Waals surface area (Å²) in [6.07, 6.45) is 4.44. The van der Waals surface area contributed by atoms with Crippen LogP contribution in [0.4, 0.5) is 5.69 Å². The van der Waals surface area contributed by atoms with Gasteiger partial charge in [0.15, 0.2) is 0 Å². The molecule has 1 amide bonds. The predicted octanol–water partition coefficient (Wildman–Crippen LogP) is 3.07. The Balaban J connectivity index is 1.17. The molecule has 0 saturated carbocycles. The Kier molecular flexibility index (Phi) is 7.18. The van der Waals surface area contributed by atoms with E-state index >= 15 is 0 Å². The summed E-state index contributed by atoms with van der Waals surface area (Å²) >= 11 is 0. The third-order valence-electron chi connectivity index (χ3n) is 7.72. The first-order valence-corrected chi connectivity index (χ1v) is 12.9. The van der Waals surface area contributed by atoms with E-state index in [1.807, 2.05) is 23.1 Å². The van der Waals surface area contributed by atoms with Gasteiger partial charge < -0.3 is 14.9 Å². The molecule has 3 aliphatic heterocycles. The zero-order valence-corrected chi connectivity index (χ0v) is 20.2. The number of carbonyl (C=O) groups excluding carboxylic acids is 1. The Morgan fingerprint density at radius 2 is 1.50 bits per heavy atom. The van der Waals surface area contributed by atoms with E-state index in [4.69, 9.17) is 0 Å². The predicted molar refractivity (Wildman–Crippen MR) is 136 cm³/mol. The largest absolute Gasteiger partial charge is 0.387 e. The van der Waals surface area contributed by atoms with Gasteiger partial charge in [-0.15, -0.1) is 0 Å². The van der Waals surface area contributed by atoms with Gasteiger partial charge in [0.25, 0.3) is 5.91 Å². The standard InChI is InChI=1S/C28H38N4O2/c33-27(26-12-6-5-9-24(26)21-29-14-7-2-8-15-29)32-16-13-28(34,23-32)22-30-17-19-31(20-18-30)25-10-3-1-4-11-25/h1,3-6,9-12,34H,2,7-8,13-23H2. The molecule has 6 heteroatoms. The summed E-state index contributed by atoms with van der Waals surface area (Å²) in [5.74, 6) is 0.0671. The van der Waals surface area contributed by atoms with Crippen molar-refractivity contribution < 1.29 is 9.90 Å². The van der Waals surface area contributed by atoms with Gasteiger partial charge in [-0.3, -0.25) is 14.6 Å². The molecule has 3 aliphatic rings. The fraction of sp³-hybridized carbons (Fsp3) is 0.536. The highest BCUT2D eigenvalue weighted by atomic mass is 16.3. The van der Waals surface area contributed by atoms with Crippen LogP contribution in [0.3, 0.4) is 0 Å². The van der Waals surface area contributed by atoms with Crippen molar-refractivity contribution in [1.82, 2.24) is 14.7 Å². The monoisotopic (exact) mass is 462 g/mol. The zero-order valence-electron chi connectivity index (χ0n) is 20.2. The van der Waals surface area contributed by atoms with Crippen LogP contribution in [0.2, 0.25) is 0 Å². The van der Waals surface area contributed by atoms with Crippen molar-refractivity contribution in [2.45, 2.75) is 37.8 Å². The second-order valence-electron chi connectivity index (χ2n) is 10.3. The number of rotatable bonds is 6. The summed E-state index contributed by atoms with van der Waals surface area (Å²) in [4.78, 5) is 22.6. The molecule has 0 radical (unpaired) electrons. The maximum Gasteiger partial charge on any atom is 0.254 e. The van der Waals surface area contributed by atoms with Gasteiger partial charge in [0.1, 0.15) is 0 Å². The van der Waals surface area contributed by atoms with Crippen LogP contribution in [-0.4, -0.2) is 90.2 Å². The molecule has 2 aromatic carbocycles. The van der Waals surface area contributed by atoms with Crippen LogP contribution in [-0.2, 0) is 6.54 Å². The van der Waals surface area contributed by atoms with Crippen molar-refractivity contribution in [2.24, 2.45) is 0 Å². The SMILES string of the molecule is O=C(c1ccccc1CN1CCCCC1)N1CCC(O)(CN2CCN(c3ccccc3)CC2)C1. The smallest absolute Gasteiger partial charge is 0.254 e. The number of anilines is 1. The summed E-state index contributed by atoms with van der Waals surface area (Å²) in [5.41, 5.74) is 2.35. The number of carbonyl (C=O) groups is 1.